The maximum absolute atomic E-state index is 6.42. The predicted molar refractivity (Wildman–Crippen MR) is 106 cm³/mol. The zero-order valence-electron chi connectivity index (χ0n) is 13.3. The molecule has 0 N–H and O–H groups in total. The minimum atomic E-state index is 0.415. The molecule has 1 atom stereocenters. The lowest BCUT2D eigenvalue weighted by Gasteiger charge is -2.19. The number of thiophene rings is 1. The monoisotopic (exact) mass is 396 g/mol. The molecule has 1 aromatic carbocycles. The van der Waals surface area contributed by atoms with Crippen molar-refractivity contribution >= 4 is 46.3 Å². The molecule has 0 amide bonds. The van der Waals surface area contributed by atoms with Gasteiger partial charge in [0, 0.05) is 34.0 Å². The van der Waals surface area contributed by atoms with Crippen molar-refractivity contribution in [1.29, 1.82) is 0 Å². The Balaban J connectivity index is 1.73. The second-order valence-corrected chi connectivity index (χ2v) is 9.15. The van der Waals surface area contributed by atoms with Gasteiger partial charge in [-0.3, -0.25) is 0 Å². The van der Waals surface area contributed by atoms with E-state index in [9.17, 15) is 0 Å². The Hall–Kier alpha value is -0.940. The highest BCUT2D eigenvalue weighted by Crippen LogP contribution is 2.36. The van der Waals surface area contributed by atoms with Crippen LogP contribution < -0.4 is 0 Å². The highest BCUT2D eigenvalue weighted by atomic mass is 35.5. The first kappa shape index (κ1) is 17.9. The van der Waals surface area contributed by atoms with E-state index in [0.717, 1.165) is 28.7 Å². The number of aryl methyl sites for hydroxylation is 2. The molecule has 0 saturated carbocycles. The van der Waals surface area contributed by atoms with Crippen LogP contribution in [0.3, 0.4) is 0 Å². The van der Waals surface area contributed by atoms with Gasteiger partial charge in [0.05, 0.1) is 15.7 Å². The third-order valence-corrected chi connectivity index (χ3v) is 6.98. The van der Waals surface area contributed by atoms with Gasteiger partial charge in [0.1, 0.15) is 0 Å². The largest absolute Gasteiger partial charge is 0.336 e. The normalized spacial score (nSPS) is 12.5. The standard InChI is InChI=1S/C18H18Cl2N2S2/c1-13-3-2-4-16(19)18(13)24-15(11-22-10-9-21-12-22)6-5-14-7-8-17(20)23-14/h2-4,7-10,12,15H,5-6,11H2,1H3. The zero-order chi connectivity index (χ0) is 16.9. The van der Waals surface area contributed by atoms with Crippen molar-refractivity contribution in [3.63, 3.8) is 0 Å². The smallest absolute Gasteiger partial charge is 0.0946 e. The van der Waals surface area contributed by atoms with Crippen LogP contribution in [0.25, 0.3) is 0 Å². The van der Waals surface area contributed by atoms with Crippen molar-refractivity contribution in [3.05, 3.63) is 68.9 Å². The van der Waals surface area contributed by atoms with E-state index in [1.54, 1.807) is 11.3 Å². The Kier molecular flexibility index (Phi) is 6.28. The Morgan fingerprint density at radius 1 is 1.25 bits per heavy atom. The molecule has 0 aliphatic heterocycles. The highest BCUT2D eigenvalue weighted by molar-refractivity contribution is 8.00. The third-order valence-electron chi connectivity index (χ3n) is 3.76. The van der Waals surface area contributed by atoms with Crippen molar-refractivity contribution in [2.45, 2.75) is 36.5 Å². The van der Waals surface area contributed by atoms with Crippen LogP contribution in [0, 0.1) is 6.92 Å². The first-order chi connectivity index (χ1) is 11.6. The van der Waals surface area contributed by atoms with Crippen LogP contribution in [-0.4, -0.2) is 14.8 Å². The van der Waals surface area contributed by atoms with E-state index in [1.165, 1.54) is 15.3 Å². The lowest BCUT2D eigenvalue weighted by Crippen LogP contribution is -2.13. The fourth-order valence-corrected chi connectivity index (χ4v) is 5.25. The van der Waals surface area contributed by atoms with E-state index in [-0.39, 0.29) is 0 Å². The average Bonchev–Trinajstić information content (AvgIpc) is 3.20. The number of halogens is 2. The maximum atomic E-state index is 6.42. The number of thioether (sulfide) groups is 1. The molecule has 6 heteroatoms. The quantitative estimate of drug-likeness (QED) is 0.432. The number of hydrogen-bond donors (Lipinski definition) is 0. The Morgan fingerprint density at radius 2 is 2.12 bits per heavy atom. The molecule has 2 heterocycles. The van der Waals surface area contributed by atoms with E-state index in [0.29, 0.717) is 5.25 Å². The van der Waals surface area contributed by atoms with Crippen molar-refractivity contribution in [1.82, 2.24) is 9.55 Å². The van der Waals surface area contributed by atoms with Gasteiger partial charge in [-0.1, -0.05) is 35.3 Å². The molecular weight excluding hydrogens is 379 g/mol. The molecule has 2 aromatic heterocycles. The van der Waals surface area contributed by atoms with Crippen LogP contribution in [0.4, 0.5) is 0 Å². The summed E-state index contributed by atoms with van der Waals surface area (Å²) in [6.45, 7) is 3.02. The first-order valence-corrected chi connectivity index (χ1v) is 10.2. The van der Waals surface area contributed by atoms with Crippen molar-refractivity contribution in [3.8, 4) is 0 Å². The van der Waals surface area contributed by atoms with E-state index >= 15 is 0 Å². The van der Waals surface area contributed by atoms with Crippen LogP contribution in [-0.2, 0) is 13.0 Å². The molecule has 0 radical (unpaired) electrons. The zero-order valence-corrected chi connectivity index (χ0v) is 16.4. The minimum absolute atomic E-state index is 0.415. The second kappa shape index (κ2) is 8.43. The highest BCUT2D eigenvalue weighted by Gasteiger charge is 2.16. The molecule has 0 spiro atoms. The average molecular weight is 397 g/mol. The molecule has 1 unspecified atom stereocenters. The maximum Gasteiger partial charge on any atom is 0.0946 e. The van der Waals surface area contributed by atoms with Crippen LogP contribution in [0.5, 0.6) is 0 Å². The number of hydrogen-bond acceptors (Lipinski definition) is 3. The van der Waals surface area contributed by atoms with Gasteiger partial charge in [-0.25, -0.2) is 4.98 Å². The van der Waals surface area contributed by atoms with Crippen molar-refractivity contribution in [2.75, 3.05) is 0 Å². The lowest BCUT2D eigenvalue weighted by molar-refractivity contribution is 0.626. The molecular formula is C18H18Cl2N2S2. The third kappa shape index (κ3) is 4.79. The molecule has 0 bridgehead atoms. The Labute approximate surface area is 160 Å². The number of benzene rings is 1. The molecule has 0 fully saturated rings. The topological polar surface area (TPSA) is 17.8 Å². The number of imidazole rings is 1. The van der Waals surface area contributed by atoms with Gasteiger partial charge in [-0.2, -0.15) is 0 Å². The van der Waals surface area contributed by atoms with Gasteiger partial charge < -0.3 is 4.57 Å². The molecule has 0 saturated heterocycles. The van der Waals surface area contributed by atoms with E-state index in [1.807, 2.05) is 48.7 Å². The second-order valence-electron chi connectivity index (χ2n) is 5.63. The van der Waals surface area contributed by atoms with E-state index < -0.39 is 0 Å². The number of nitrogens with zero attached hydrogens (tertiary/aromatic N) is 2. The molecule has 3 aromatic rings. The van der Waals surface area contributed by atoms with Crippen molar-refractivity contribution < 1.29 is 0 Å². The Bertz CT molecular complexity index is 764. The summed E-state index contributed by atoms with van der Waals surface area (Å²) in [6, 6.07) is 10.2. The summed E-state index contributed by atoms with van der Waals surface area (Å²) in [7, 11) is 0. The number of rotatable bonds is 7. The van der Waals surface area contributed by atoms with Gasteiger partial charge in [0.25, 0.3) is 0 Å². The summed E-state index contributed by atoms with van der Waals surface area (Å²) in [5, 5.41) is 1.24. The summed E-state index contributed by atoms with van der Waals surface area (Å²) in [4.78, 5) is 6.65. The molecule has 0 aliphatic carbocycles. The summed E-state index contributed by atoms with van der Waals surface area (Å²) in [6.07, 6.45) is 7.78. The summed E-state index contributed by atoms with van der Waals surface area (Å²) in [5.41, 5.74) is 1.22. The lowest BCUT2D eigenvalue weighted by atomic mass is 10.2. The first-order valence-electron chi connectivity index (χ1n) is 7.73. The fraction of sp³-hybridized carbons (Fsp3) is 0.278. The predicted octanol–water partition coefficient (Wildman–Crippen LogP) is 6.35. The van der Waals surface area contributed by atoms with Gasteiger partial charge in [-0.15, -0.1) is 23.1 Å². The minimum Gasteiger partial charge on any atom is -0.336 e. The van der Waals surface area contributed by atoms with E-state index in [2.05, 4.69) is 28.6 Å². The fourth-order valence-electron chi connectivity index (χ4n) is 2.54. The van der Waals surface area contributed by atoms with Crippen LogP contribution in [0.2, 0.25) is 9.36 Å². The molecule has 2 nitrogen and oxygen atoms in total. The Morgan fingerprint density at radius 3 is 2.79 bits per heavy atom. The van der Waals surface area contributed by atoms with E-state index in [4.69, 9.17) is 23.2 Å². The summed E-state index contributed by atoms with van der Waals surface area (Å²) >= 11 is 16.0. The number of aromatic nitrogens is 2. The van der Waals surface area contributed by atoms with Gasteiger partial charge in [0.15, 0.2) is 0 Å². The summed E-state index contributed by atoms with van der Waals surface area (Å²) in [5.74, 6) is 0. The summed E-state index contributed by atoms with van der Waals surface area (Å²) < 4.78 is 2.98. The molecule has 24 heavy (non-hydrogen) atoms. The van der Waals surface area contributed by atoms with Gasteiger partial charge >= 0.3 is 0 Å². The van der Waals surface area contributed by atoms with Crippen LogP contribution >= 0.6 is 46.3 Å². The van der Waals surface area contributed by atoms with Gasteiger partial charge in [-0.05, 0) is 43.5 Å². The molecule has 0 aliphatic rings. The van der Waals surface area contributed by atoms with Crippen molar-refractivity contribution in [2.24, 2.45) is 0 Å². The van der Waals surface area contributed by atoms with Gasteiger partial charge in [0.2, 0.25) is 0 Å². The molecule has 3 rings (SSSR count). The van der Waals surface area contributed by atoms with Crippen LogP contribution in [0.1, 0.15) is 16.9 Å². The van der Waals surface area contributed by atoms with Crippen LogP contribution in [0.15, 0.2) is 53.9 Å². The SMILES string of the molecule is Cc1cccc(Cl)c1SC(CCc1ccc(Cl)s1)Cn1ccnc1. The molecule has 126 valence electrons.